The number of rotatable bonds is 4. The first kappa shape index (κ1) is 19.0. The number of anilines is 1. The van der Waals surface area contributed by atoms with Crippen LogP contribution in [0.1, 0.15) is 32.1 Å². The van der Waals surface area contributed by atoms with E-state index in [1.54, 1.807) is 24.3 Å². The fourth-order valence-corrected chi connectivity index (χ4v) is 3.68. The van der Waals surface area contributed by atoms with Gasteiger partial charge in [0, 0.05) is 16.8 Å². The fraction of sp³-hybridized carbons (Fsp3) is 0.529. The molecule has 24 heavy (non-hydrogen) atoms. The molecule has 3 rings (SSSR count). The molecule has 3 unspecified atom stereocenters. The summed E-state index contributed by atoms with van der Waals surface area (Å²) in [6, 6.07) is 7.19. The van der Waals surface area contributed by atoms with E-state index in [9.17, 15) is 9.59 Å². The predicted molar refractivity (Wildman–Crippen MR) is 97.6 cm³/mol. The molecular formula is C17H23Cl2N3O2. The number of halogens is 2. The van der Waals surface area contributed by atoms with Gasteiger partial charge in [-0.3, -0.25) is 9.59 Å². The molecule has 1 aliphatic carbocycles. The van der Waals surface area contributed by atoms with Gasteiger partial charge in [-0.1, -0.05) is 24.4 Å². The molecule has 0 aromatic heterocycles. The van der Waals surface area contributed by atoms with E-state index < -0.39 is 0 Å². The van der Waals surface area contributed by atoms with E-state index in [0.717, 1.165) is 12.8 Å². The molecular weight excluding hydrogens is 349 g/mol. The highest BCUT2D eigenvalue weighted by atomic mass is 35.5. The molecule has 2 aliphatic rings. The first-order chi connectivity index (χ1) is 11.1. The summed E-state index contributed by atoms with van der Waals surface area (Å²) in [5, 5.41) is 9.49. The van der Waals surface area contributed by atoms with E-state index in [1.807, 2.05) is 0 Å². The molecule has 2 amide bonds. The minimum Gasteiger partial charge on any atom is -0.346 e. The molecule has 1 aliphatic heterocycles. The fourth-order valence-electron chi connectivity index (χ4n) is 3.55. The van der Waals surface area contributed by atoms with Gasteiger partial charge in [0.05, 0.1) is 12.6 Å². The van der Waals surface area contributed by atoms with Gasteiger partial charge in [-0.15, -0.1) is 12.4 Å². The van der Waals surface area contributed by atoms with Crippen molar-refractivity contribution in [2.45, 2.75) is 44.2 Å². The van der Waals surface area contributed by atoms with Crippen LogP contribution >= 0.6 is 24.0 Å². The van der Waals surface area contributed by atoms with Gasteiger partial charge in [0.1, 0.15) is 0 Å². The molecule has 2 fully saturated rings. The summed E-state index contributed by atoms with van der Waals surface area (Å²) >= 11 is 5.80. The largest absolute Gasteiger partial charge is 0.346 e. The van der Waals surface area contributed by atoms with E-state index >= 15 is 0 Å². The van der Waals surface area contributed by atoms with E-state index in [1.165, 1.54) is 19.3 Å². The number of benzene rings is 1. The number of nitrogens with one attached hydrogen (secondary N) is 3. The summed E-state index contributed by atoms with van der Waals surface area (Å²) in [6.07, 6.45) is 5.76. The molecule has 5 nitrogen and oxygen atoms in total. The van der Waals surface area contributed by atoms with Crippen LogP contribution in [0.4, 0.5) is 5.69 Å². The first-order valence-electron chi connectivity index (χ1n) is 8.21. The average molecular weight is 372 g/mol. The Morgan fingerprint density at radius 1 is 1.17 bits per heavy atom. The highest BCUT2D eigenvalue weighted by Crippen LogP contribution is 2.33. The molecule has 0 radical (unpaired) electrons. The van der Waals surface area contributed by atoms with Crippen molar-refractivity contribution in [1.29, 1.82) is 0 Å². The van der Waals surface area contributed by atoms with E-state index in [4.69, 9.17) is 11.6 Å². The molecule has 1 aromatic carbocycles. The van der Waals surface area contributed by atoms with Crippen molar-refractivity contribution < 1.29 is 9.59 Å². The number of carbonyl (C=O) groups excluding carboxylic acids is 2. The smallest absolute Gasteiger partial charge is 0.243 e. The summed E-state index contributed by atoms with van der Waals surface area (Å²) in [6.45, 7) is -0.0189. The van der Waals surface area contributed by atoms with Crippen LogP contribution in [0.5, 0.6) is 0 Å². The van der Waals surface area contributed by atoms with Gasteiger partial charge in [-0.05, 0) is 49.4 Å². The Kier molecular flexibility index (Phi) is 6.90. The standard InChI is InChI=1S/C17H22ClN3O2.ClH/c18-12-5-7-13(8-6-12)20-16(22)10-19-17(23)15-9-11-3-1-2-4-14(11)21-15;/h5-8,11,14-15,21H,1-4,9-10H2,(H,19,23)(H,20,22);1H. The molecule has 1 saturated heterocycles. The van der Waals surface area contributed by atoms with E-state index in [2.05, 4.69) is 16.0 Å². The molecule has 1 heterocycles. The molecule has 7 heteroatoms. The lowest BCUT2D eigenvalue weighted by atomic mass is 9.85. The van der Waals surface area contributed by atoms with Crippen LogP contribution in [0.2, 0.25) is 5.02 Å². The van der Waals surface area contributed by atoms with Gasteiger partial charge in [-0.25, -0.2) is 0 Å². The lowest BCUT2D eigenvalue weighted by Crippen LogP contribution is -2.45. The highest BCUT2D eigenvalue weighted by molar-refractivity contribution is 6.30. The van der Waals surface area contributed by atoms with Gasteiger partial charge in [0.15, 0.2) is 0 Å². The van der Waals surface area contributed by atoms with Gasteiger partial charge < -0.3 is 16.0 Å². The predicted octanol–water partition coefficient (Wildman–Crippen LogP) is 2.74. The van der Waals surface area contributed by atoms with Crippen LogP contribution in [0, 0.1) is 5.92 Å². The van der Waals surface area contributed by atoms with Crippen molar-refractivity contribution in [3.63, 3.8) is 0 Å². The maximum absolute atomic E-state index is 12.2. The summed E-state index contributed by atoms with van der Waals surface area (Å²) in [7, 11) is 0. The van der Waals surface area contributed by atoms with Crippen molar-refractivity contribution in [2.24, 2.45) is 5.92 Å². The van der Waals surface area contributed by atoms with Crippen LogP contribution in [0.25, 0.3) is 0 Å². The highest BCUT2D eigenvalue weighted by Gasteiger charge is 2.38. The normalized spacial score (nSPS) is 25.3. The van der Waals surface area contributed by atoms with Crippen LogP contribution in [0.3, 0.4) is 0 Å². The minimum atomic E-state index is -0.240. The van der Waals surface area contributed by atoms with Gasteiger partial charge >= 0.3 is 0 Å². The third kappa shape index (κ3) is 4.85. The lowest BCUT2D eigenvalue weighted by Gasteiger charge is -2.24. The van der Waals surface area contributed by atoms with Crippen molar-refractivity contribution >= 4 is 41.5 Å². The molecule has 1 saturated carbocycles. The van der Waals surface area contributed by atoms with Crippen LogP contribution in [-0.2, 0) is 9.59 Å². The topological polar surface area (TPSA) is 70.2 Å². The maximum atomic E-state index is 12.2. The molecule has 3 atom stereocenters. The Labute approximate surface area is 153 Å². The van der Waals surface area contributed by atoms with E-state index in [-0.39, 0.29) is 36.8 Å². The second-order valence-corrected chi connectivity index (χ2v) is 6.82. The Balaban J connectivity index is 0.00000208. The average Bonchev–Trinajstić information content (AvgIpc) is 2.99. The van der Waals surface area contributed by atoms with Crippen LogP contribution in [0.15, 0.2) is 24.3 Å². The summed E-state index contributed by atoms with van der Waals surface area (Å²) < 4.78 is 0. The van der Waals surface area contributed by atoms with Crippen LogP contribution in [-0.4, -0.2) is 30.4 Å². The second kappa shape index (κ2) is 8.70. The summed E-state index contributed by atoms with van der Waals surface area (Å²) in [4.78, 5) is 24.1. The number of amides is 2. The zero-order valence-corrected chi connectivity index (χ0v) is 15.0. The third-order valence-corrected chi connectivity index (χ3v) is 4.98. The maximum Gasteiger partial charge on any atom is 0.243 e. The minimum absolute atomic E-state index is 0. The monoisotopic (exact) mass is 371 g/mol. The SMILES string of the molecule is Cl.O=C(CNC(=O)C1CC2CCCCC2N1)Nc1ccc(Cl)cc1. The van der Waals surface area contributed by atoms with Crippen molar-refractivity contribution in [3.8, 4) is 0 Å². The zero-order chi connectivity index (χ0) is 16.2. The van der Waals surface area contributed by atoms with Crippen molar-refractivity contribution in [1.82, 2.24) is 10.6 Å². The van der Waals surface area contributed by atoms with Gasteiger partial charge in [0.2, 0.25) is 11.8 Å². The van der Waals surface area contributed by atoms with E-state index in [0.29, 0.717) is 22.7 Å². The third-order valence-electron chi connectivity index (χ3n) is 4.73. The Morgan fingerprint density at radius 2 is 1.88 bits per heavy atom. The summed E-state index contributed by atoms with van der Waals surface area (Å²) in [5.41, 5.74) is 0.665. The lowest BCUT2D eigenvalue weighted by molar-refractivity contribution is -0.125. The molecule has 132 valence electrons. The van der Waals surface area contributed by atoms with Crippen molar-refractivity contribution in [3.05, 3.63) is 29.3 Å². The first-order valence-corrected chi connectivity index (χ1v) is 8.59. The Morgan fingerprint density at radius 3 is 2.58 bits per heavy atom. The number of fused-ring (bicyclic) bond motifs is 1. The number of hydrogen-bond donors (Lipinski definition) is 3. The zero-order valence-electron chi connectivity index (χ0n) is 13.4. The second-order valence-electron chi connectivity index (χ2n) is 6.38. The number of hydrogen-bond acceptors (Lipinski definition) is 3. The molecule has 1 aromatic rings. The number of carbonyl (C=O) groups is 2. The Hall–Kier alpha value is -1.30. The molecule has 0 spiro atoms. The Bertz CT molecular complexity index is 566. The molecule has 0 bridgehead atoms. The van der Waals surface area contributed by atoms with Gasteiger partial charge in [0.25, 0.3) is 0 Å². The van der Waals surface area contributed by atoms with Crippen molar-refractivity contribution in [2.75, 3.05) is 11.9 Å². The molecule has 3 N–H and O–H groups in total. The quantitative estimate of drug-likeness (QED) is 0.761. The van der Waals surface area contributed by atoms with Crippen LogP contribution < -0.4 is 16.0 Å². The van der Waals surface area contributed by atoms with Gasteiger partial charge in [-0.2, -0.15) is 0 Å². The summed E-state index contributed by atoms with van der Waals surface area (Å²) in [5.74, 6) is 0.295.